The second kappa shape index (κ2) is 28.5. The second-order valence-electron chi connectivity index (χ2n) is 18.1. The van der Waals surface area contributed by atoms with Crippen molar-refractivity contribution in [1.29, 1.82) is 0 Å². The minimum Gasteiger partial charge on any atom is -0.328 e. The Morgan fingerprint density at radius 1 is 0.295 bits per heavy atom. The van der Waals surface area contributed by atoms with Crippen LogP contribution < -0.4 is 0 Å². The van der Waals surface area contributed by atoms with Crippen LogP contribution in [0.15, 0.2) is 121 Å². The van der Waals surface area contributed by atoms with E-state index in [0.717, 1.165) is 22.3 Å². The molecule has 12 nitrogen and oxygen atoms in total. The molecule has 0 aromatic heterocycles. The van der Waals surface area contributed by atoms with Crippen LogP contribution in [0.1, 0.15) is 130 Å². The van der Waals surface area contributed by atoms with Gasteiger partial charge in [0, 0.05) is 16.5 Å². The average Bonchev–Trinajstić information content (AvgIpc) is 3.14. The monoisotopic (exact) mass is 970 g/mol. The predicted molar refractivity (Wildman–Crippen MR) is 244 cm³/mol. The summed E-state index contributed by atoms with van der Waals surface area (Å²) in [6, 6.07) is 38.4. The minimum absolute atomic E-state index is 0. The fraction of sp³-hybridized carbons (Fsp3) is 0.455. The number of hydrogen-bond acceptors (Lipinski definition) is 12. The largest absolute Gasteiger partial charge is 0.328 e. The van der Waals surface area contributed by atoms with Gasteiger partial charge < -0.3 is 57.2 Å². The normalized spacial score (nSPS) is 14.0. The SMILES string of the molecule is CC(C)(C)C(OP(O)O)c1ccccc1.CC(C)(C)C(OP(O)O)c1ccccc1.CC(C)(C)C(OP(O)O)c1ccccc1.CC(C)(C)C(OP(O)O)c1ccccc1.[Ni]. The predicted octanol–water partition coefficient (Wildman–Crippen LogP) is 12.0. The van der Waals surface area contributed by atoms with Crippen molar-refractivity contribution >= 4 is 34.4 Å². The zero-order valence-electron chi connectivity index (χ0n) is 37.2. The van der Waals surface area contributed by atoms with Crippen LogP contribution in [0, 0.1) is 21.7 Å². The molecule has 0 amide bonds. The second-order valence-corrected chi connectivity index (χ2v) is 20.9. The van der Waals surface area contributed by atoms with Gasteiger partial charge in [-0.2, -0.15) is 0 Å². The summed E-state index contributed by atoms with van der Waals surface area (Å²) in [5, 5.41) is 0. The van der Waals surface area contributed by atoms with Crippen LogP contribution in [0.3, 0.4) is 0 Å². The summed E-state index contributed by atoms with van der Waals surface area (Å²) in [5.74, 6) is 0. The van der Waals surface area contributed by atoms with Gasteiger partial charge in [0.2, 0.25) is 0 Å². The molecule has 346 valence electrons. The van der Waals surface area contributed by atoms with E-state index in [9.17, 15) is 0 Å². The van der Waals surface area contributed by atoms with Crippen molar-refractivity contribution in [2.45, 2.75) is 108 Å². The maximum atomic E-state index is 8.95. The van der Waals surface area contributed by atoms with Gasteiger partial charge in [0.05, 0.1) is 24.4 Å². The molecule has 0 saturated carbocycles. The van der Waals surface area contributed by atoms with E-state index in [1.165, 1.54) is 0 Å². The van der Waals surface area contributed by atoms with E-state index < -0.39 is 34.4 Å². The summed E-state index contributed by atoms with van der Waals surface area (Å²) in [4.78, 5) is 71.6. The van der Waals surface area contributed by atoms with Crippen LogP contribution in [0.25, 0.3) is 0 Å². The van der Waals surface area contributed by atoms with E-state index in [4.69, 9.17) is 57.2 Å². The van der Waals surface area contributed by atoms with Crippen molar-refractivity contribution < 1.29 is 73.7 Å². The molecule has 4 rings (SSSR count). The van der Waals surface area contributed by atoms with Gasteiger partial charge in [-0.05, 0) is 43.9 Å². The summed E-state index contributed by atoms with van der Waals surface area (Å²) in [6.45, 7) is 24.0. The van der Waals surface area contributed by atoms with E-state index in [1.807, 2.05) is 204 Å². The van der Waals surface area contributed by atoms with Crippen LogP contribution in [0.4, 0.5) is 0 Å². The molecule has 0 aliphatic rings. The van der Waals surface area contributed by atoms with E-state index in [1.54, 1.807) is 0 Å². The maximum absolute atomic E-state index is 8.95. The number of benzene rings is 4. The Kier molecular flexibility index (Phi) is 27.9. The molecule has 0 radical (unpaired) electrons. The molecular formula is C44H68NiO12P4. The van der Waals surface area contributed by atoms with Gasteiger partial charge in [-0.15, -0.1) is 0 Å². The summed E-state index contributed by atoms with van der Waals surface area (Å²) in [6.07, 6.45) is -1.22. The van der Waals surface area contributed by atoms with Crippen molar-refractivity contribution in [3.63, 3.8) is 0 Å². The molecule has 4 unspecified atom stereocenters. The zero-order chi connectivity index (χ0) is 45.9. The van der Waals surface area contributed by atoms with E-state index in [-0.39, 0.29) is 62.6 Å². The molecule has 4 atom stereocenters. The molecule has 8 N–H and O–H groups in total. The Labute approximate surface area is 379 Å². The van der Waals surface area contributed by atoms with Crippen LogP contribution in [0.5, 0.6) is 0 Å². The molecule has 0 fully saturated rings. The van der Waals surface area contributed by atoms with E-state index in [0.29, 0.717) is 0 Å². The number of hydrogen-bond donors (Lipinski definition) is 8. The van der Waals surface area contributed by atoms with Gasteiger partial charge in [0.1, 0.15) is 0 Å². The smallest absolute Gasteiger partial charge is 0.327 e. The van der Waals surface area contributed by atoms with Gasteiger partial charge in [-0.25, -0.2) is 0 Å². The van der Waals surface area contributed by atoms with E-state index >= 15 is 0 Å². The fourth-order valence-electron chi connectivity index (χ4n) is 5.76. The molecular weight excluding hydrogens is 903 g/mol. The van der Waals surface area contributed by atoms with Crippen molar-refractivity contribution in [2.24, 2.45) is 21.7 Å². The number of rotatable bonds is 12. The summed E-state index contributed by atoms with van der Waals surface area (Å²) in [7, 11) is -9.31. The Morgan fingerprint density at radius 2 is 0.426 bits per heavy atom. The molecule has 0 bridgehead atoms. The Hall–Kier alpha value is -1.39. The first kappa shape index (κ1) is 59.6. The topological polar surface area (TPSA) is 199 Å². The van der Waals surface area contributed by atoms with Gasteiger partial charge in [0.15, 0.2) is 0 Å². The minimum atomic E-state index is -2.33. The van der Waals surface area contributed by atoms with Crippen molar-refractivity contribution in [2.75, 3.05) is 0 Å². The molecule has 4 aromatic rings. The standard InChI is InChI=1S/4C11H17O3P.Ni/c4*1-11(2,3)10(14-15(12)13)9-7-5-4-6-8-9;/h4*4-8,10,12-13H,1-3H3;. The first-order valence-electron chi connectivity index (χ1n) is 19.2. The Balaban J connectivity index is 0.000000783. The van der Waals surface area contributed by atoms with Gasteiger partial charge in [0.25, 0.3) is 0 Å². The van der Waals surface area contributed by atoms with Crippen molar-refractivity contribution in [3.05, 3.63) is 144 Å². The van der Waals surface area contributed by atoms with Gasteiger partial charge in [-0.1, -0.05) is 204 Å². The molecule has 0 heterocycles. The average molecular weight is 972 g/mol. The zero-order valence-corrected chi connectivity index (χ0v) is 41.7. The fourth-order valence-corrected chi connectivity index (χ4v) is 8.27. The van der Waals surface area contributed by atoms with Gasteiger partial charge in [-0.3, -0.25) is 0 Å². The van der Waals surface area contributed by atoms with Crippen LogP contribution in [-0.4, -0.2) is 39.1 Å². The summed E-state index contributed by atoms with van der Waals surface area (Å²) >= 11 is 0. The summed E-state index contributed by atoms with van der Waals surface area (Å²) < 4.78 is 20.7. The van der Waals surface area contributed by atoms with Gasteiger partial charge >= 0.3 is 34.4 Å². The molecule has 0 aliphatic carbocycles. The van der Waals surface area contributed by atoms with Crippen LogP contribution >= 0.6 is 34.4 Å². The first-order valence-corrected chi connectivity index (χ1v) is 23.9. The van der Waals surface area contributed by atoms with Crippen LogP contribution in [-0.2, 0) is 34.6 Å². The summed E-state index contributed by atoms with van der Waals surface area (Å²) in [5.41, 5.74) is 3.14. The first-order chi connectivity index (χ1) is 27.6. The van der Waals surface area contributed by atoms with Crippen molar-refractivity contribution in [3.8, 4) is 0 Å². The molecule has 17 heteroatoms. The molecule has 0 aliphatic heterocycles. The van der Waals surface area contributed by atoms with E-state index in [2.05, 4.69) is 0 Å². The third kappa shape index (κ3) is 25.0. The van der Waals surface area contributed by atoms with Crippen molar-refractivity contribution in [1.82, 2.24) is 0 Å². The Morgan fingerprint density at radius 3 is 0.525 bits per heavy atom. The quantitative estimate of drug-likeness (QED) is 0.0494. The molecule has 0 spiro atoms. The van der Waals surface area contributed by atoms with Crippen LogP contribution in [0.2, 0.25) is 0 Å². The molecule has 4 aromatic carbocycles. The maximum Gasteiger partial charge on any atom is 0.327 e. The molecule has 61 heavy (non-hydrogen) atoms. The third-order valence-electron chi connectivity index (χ3n) is 8.35. The molecule has 0 saturated heterocycles. The third-order valence-corrected chi connectivity index (χ3v) is 9.95. The Bertz CT molecular complexity index is 1430.